The lowest BCUT2D eigenvalue weighted by atomic mass is 9.92. The Kier molecular flexibility index (Phi) is 6.09. The number of hydrogen-bond donors (Lipinski definition) is 1. The predicted molar refractivity (Wildman–Crippen MR) is 100.0 cm³/mol. The van der Waals surface area contributed by atoms with E-state index in [0.29, 0.717) is 29.7 Å². The number of carbonyl (C=O) groups is 1. The summed E-state index contributed by atoms with van der Waals surface area (Å²) in [4.78, 5) is 10.6. The van der Waals surface area contributed by atoms with Gasteiger partial charge in [0.25, 0.3) is 0 Å². The van der Waals surface area contributed by atoms with Crippen LogP contribution in [0.4, 0.5) is 8.78 Å². The minimum absolute atomic E-state index is 0.000548. The quantitative estimate of drug-likeness (QED) is 0.624. The Morgan fingerprint density at radius 1 is 1.19 bits per heavy atom. The summed E-state index contributed by atoms with van der Waals surface area (Å²) < 4.78 is 35.1. The molecule has 2 aromatic rings. The zero-order chi connectivity index (χ0) is 19.4. The summed E-state index contributed by atoms with van der Waals surface area (Å²) in [7, 11) is 0. The fraction of sp³-hybridized carbons (Fsp3) is 0.409. The van der Waals surface area contributed by atoms with E-state index in [2.05, 4.69) is 0 Å². The second-order valence-corrected chi connectivity index (χ2v) is 7.24. The first-order valence-electron chi connectivity index (χ1n) is 9.42. The van der Waals surface area contributed by atoms with Crippen molar-refractivity contribution >= 4 is 5.97 Å². The lowest BCUT2D eigenvalue weighted by molar-refractivity contribution is -0.137. The molecule has 0 radical (unpaired) electrons. The highest BCUT2D eigenvalue weighted by Gasteiger charge is 2.20. The molecule has 0 aromatic heterocycles. The van der Waals surface area contributed by atoms with Crippen molar-refractivity contribution in [1.82, 2.24) is 0 Å². The van der Waals surface area contributed by atoms with Crippen molar-refractivity contribution in [2.45, 2.75) is 57.5 Å². The number of carboxylic acid groups (broad SMARTS) is 1. The topological polar surface area (TPSA) is 46.5 Å². The number of carboxylic acids is 1. The molecule has 1 fully saturated rings. The molecule has 0 aliphatic heterocycles. The number of halogens is 2. The van der Waals surface area contributed by atoms with E-state index in [-0.39, 0.29) is 24.0 Å². The van der Waals surface area contributed by atoms with E-state index in [4.69, 9.17) is 9.84 Å². The van der Waals surface area contributed by atoms with E-state index in [1.165, 1.54) is 18.6 Å². The highest BCUT2D eigenvalue weighted by atomic mass is 19.1. The molecule has 3 nitrogen and oxygen atoms in total. The number of ether oxygens (including phenoxy) is 1. The molecule has 27 heavy (non-hydrogen) atoms. The van der Waals surface area contributed by atoms with Gasteiger partial charge in [0.2, 0.25) is 0 Å². The van der Waals surface area contributed by atoms with Crippen molar-refractivity contribution in [3.8, 4) is 16.9 Å². The Balaban J connectivity index is 1.77. The van der Waals surface area contributed by atoms with Crippen LogP contribution in [0.25, 0.3) is 11.1 Å². The number of aliphatic carboxylic acids is 1. The van der Waals surface area contributed by atoms with Crippen LogP contribution in [0.5, 0.6) is 5.75 Å². The first kappa shape index (κ1) is 19.3. The van der Waals surface area contributed by atoms with Gasteiger partial charge in [-0.25, -0.2) is 8.78 Å². The smallest absolute Gasteiger partial charge is 0.303 e. The molecule has 1 N–H and O–H groups in total. The Morgan fingerprint density at radius 2 is 1.89 bits per heavy atom. The maximum absolute atomic E-state index is 14.6. The Labute approximate surface area is 158 Å². The molecule has 1 saturated carbocycles. The standard InChI is InChI=1S/C22H24F2O3/c1-14(5-2-10-21(25)26)22-19(23)12-16(13-20(22)24)15-6-3-9-18(11-15)27-17-7-4-8-17/h3,6,9,11-14,17H,2,4-5,7-8,10H2,1H3,(H,25,26). The molecular formula is C22H24F2O3. The van der Waals surface area contributed by atoms with Gasteiger partial charge in [0.1, 0.15) is 17.4 Å². The van der Waals surface area contributed by atoms with Gasteiger partial charge in [-0.2, -0.15) is 0 Å². The van der Waals surface area contributed by atoms with Crippen molar-refractivity contribution in [3.05, 3.63) is 53.6 Å². The fourth-order valence-corrected chi connectivity index (χ4v) is 3.36. The second-order valence-electron chi connectivity index (χ2n) is 7.24. The van der Waals surface area contributed by atoms with Crippen LogP contribution in [0.2, 0.25) is 0 Å². The third-order valence-corrected chi connectivity index (χ3v) is 5.12. The van der Waals surface area contributed by atoms with Crippen LogP contribution in [0.15, 0.2) is 36.4 Å². The largest absolute Gasteiger partial charge is 0.490 e. The molecule has 2 aromatic carbocycles. The van der Waals surface area contributed by atoms with Gasteiger partial charge in [-0.15, -0.1) is 0 Å². The normalized spacial score (nSPS) is 15.2. The van der Waals surface area contributed by atoms with Gasteiger partial charge in [-0.3, -0.25) is 4.79 Å². The average molecular weight is 374 g/mol. The molecule has 0 amide bonds. The summed E-state index contributed by atoms with van der Waals surface area (Å²) in [5.41, 5.74) is 1.19. The van der Waals surface area contributed by atoms with Crippen molar-refractivity contribution in [3.63, 3.8) is 0 Å². The van der Waals surface area contributed by atoms with Crippen molar-refractivity contribution < 1.29 is 23.4 Å². The van der Waals surface area contributed by atoms with Gasteiger partial charge in [-0.05, 0) is 73.4 Å². The minimum atomic E-state index is -0.900. The zero-order valence-corrected chi connectivity index (χ0v) is 15.4. The van der Waals surface area contributed by atoms with E-state index in [1.54, 1.807) is 13.0 Å². The van der Waals surface area contributed by atoms with E-state index >= 15 is 0 Å². The number of rotatable bonds is 8. The van der Waals surface area contributed by atoms with Crippen molar-refractivity contribution in [2.75, 3.05) is 0 Å². The zero-order valence-electron chi connectivity index (χ0n) is 15.4. The maximum Gasteiger partial charge on any atom is 0.303 e. The minimum Gasteiger partial charge on any atom is -0.490 e. The monoisotopic (exact) mass is 374 g/mol. The number of hydrogen-bond acceptors (Lipinski definition) is 2. The molecule has 0 spiro atoms. The lowest BCUT2D eigenvalue weighted by Gasteiger charge is -2.26. The Bertz CT molecular complexity index is 792. The average Bonchev–Trinajstić information content (AvgIpc) is 2.57. The third kappa shape index (κ3) is 4.85. The first-order valence-corrected chi connectivity index (χ1v) is 9.42. The SMILES string of the molecule is CC(CCCC(=O)O)c1c(F)cc(-c2cccc(OC3CCC3)c2)cc1F. The molecule has 1 aliphatic carbocycles. The van der Waals surface area contributed by atoms with Crippen LogP contribution in [0.1, 0.15) is 56.9 Å². The Hall–Kier alpha value is -2.43. The molecule has 0 heterocycles. The molecule has 1 aliphatic rings. The van der Waals surface area contributed by atoms with Crippen LogP contribution in [-0.4, -0.2) is 17.2 Å². The highest BCUT2D eigenvalue weighted by molar-refractivity contribution is 5.67. The number of benzene rings is 2. The molecule has 0 saturated heterocycles. The third-order valence-electron chi connectivity index (χ3n) is 5.12. The van der Waals surface area contributed by atoms with Gasteiger partial charge < -0.3 is 9.84 Å². The molecule has 0 bridgehead atoms. The van der Waals surface area contributed by atoms with Crippen LogP contribution in [0.3, 0.4) is 0 Å². The second kappa shape index (κ2) is 8.51. The maximum atomic E-state index is 14.6. The van der Waals surface area contributed by atoms with Crippen LogP contribution < -0.4 is 4.74 Å². The van der Waals surface area contributed by atoms with Crippen LogP contribution >= 0.6 is 0 Å². The molecule has 1 atom stereocenters. The Morgan fingerprint density at radius 3 is 2.48 bits per heavy atom. The molecule has 5 heteroatoms. The summed E-state index contributed by atoms with van der Waals surface area (Å²) in [5.74, 6) is -1.77. The van der Waals surface area contributed by atoms with Crippen molar-refractivity contribution in [2.24, 2.45) is 0 Å². The molecule has 144 valence electrons. The predicted octanol–water partition coefficient (Wildman–Crippen LogP) is 5.92. The molecule has 1 unspecified atom stereocenters. The van der Waals surface area contributed by atoms with Gasteiger partial charge >= 0.3 is 5.97 Å². The van der Waals surface area contributed by atoms with Crippen LogP contribution in [-0.2, 0) is 4.79 Å². The van der Waals surface area contributed by atoms with Gasteiger partial charge in [0, 0.05) is 12.0 Å². The molecule has 3 rings (SSSR count). The summed E-state index contributed by atoms with van der Waals surface area (Å²) >= 11 is 0. The van der Waals surface area contributed by atoms with Crippen LogP contribution in [0, 0.1) is 11.6 Å². The van der Waals surface area contributed by atoms with Gasteiger partial charge in [-0.1, -0.05) is 19.1 Å². The summed E-state index contributed by atoms with van der Waals surface area (Å²) in [5, 5.41) is 8.71. The van der Waals surface area contributed by atoms with E-state index in [1.807, 2.05) is 18.2 Å². The lowest BCUT2D eigenvalue weighted by Crippen LogP contribution is -2.24. The fourth-order valence-electron chi connectivity index (χ4n) is 3.36. The summed E-state index contributed by atoms with van der Waals surface area (Å²) in [6.45, 7) is 1.72. The van der Waals surface area contributed by atoms with Gasteiger partial charge in [0.15, 0.2) is 0 Å². The van der Waals surface area contributed by atoms with Gasteiger partial charge in [0.05, 0.1) is 6.10 Å². The summed E-state index contributed by atoms with van der Waals surface area (Å²) in [6, 6.07) is 9.97. The highest BCUT2D eigenvalue weighted by Crippen LogP contribution is 2.33. The van der Waals surface area contributed by atoms with Crippen molar-refractivity contribution in [1.29, 1.82) is 0 Å². The van der Waals surface area contributed by atoms with E-state index in [0.717, 1.165) is 12.8 Å². The van der Waals surface area contributed by atoms with E-state index < -0.39 is 17.6 Å². The van der Waals surface area contributed by atoms with E-state index in [9.17, 15) is 13.6 Å². The first-order chi connectivity index (χ1) is 12.9. The molecular weight excluding hydrogens is 350 g/mol. The summed E-state index contributed by atoms with van der Waals surface area (Å²) in [6.07, 6.45) is 4.31.